The summed E-state index contributed by atoms with van der Waals surface area (Å²) < 4.78 is 20.6. The first-order chi connectivity index (χ1) is 19.9. The van der Waals surface area contributed by atoms with E-state index in [1.165, 1.54) is 18.2 Å². The predicted molar refractivity (Wildman–Crippen MR) is 168 cm³/mol. The number of fused-ring (bicyclic) bond motifs is 1. The summed E-state index contributed by atoms with van der Waals surface area (Å²) in [4.78, 5) is 33.5. The maximum Gasteiger partial charge on any atom is 0.306 e. The molecule has 42 heavy (non-hydrogen) atoms. The number of ether oxygens (including phenoxy) is 1. The molecule has 10 heteroatoms. The molecule has 226 valence electrons. The monoisotopic (exact) mass is 661 g/mol. The van der Waals surface area contributed by atoms with E-state index in [0.717, 1.165) is 35.2 Å². The Hall–Kier alpha value is -2.75. The van der Waals surface area contributed by atoms with Gasteiger partial charge >= 0.3 is 5.97 Å². The Morgan fingerprint density at radius 3 is 2.74 bits per heavy atom. The van der Waals surface area contributed by atoms with Gasteiger partial charge in [0.1, 0.15) is 17.2 Å². The van der Waals surface area contributed by atoms with Gasteiger partial charge in [0.05, 0.1) is 11.1 Å². The molecule has 2 unspecified atom stereocenters. The number of aliphatic hydroxyl groups excluding tert-OH is 1. The van der Waals surface area contributed by atoms with Gasteiger partial charge in [0, 0.05) is 59.0 Å². The minimum absolute atomic E-state index is 0.0833. The number of aliphatic hydroxyl groups is 1. The van der Waals surface area contributed by atoms with Gasteiger partial charge in [-0.25, -0.2) is 9.37 Å². The zero-order valence-corrected chi connectivity index (χ0v) is 26.8. The molecule has 2 heterocycles. The van der Waals surface area contributed by atoms with Gasteiger partial charge in [0.25, 0.3) is 5.91 Å². The number of aromatic nitrogens is 1. The number of anilines is 1. The molecule has 0 spiro atoms. The van der Waals surface area contributed by atoms with Gasteiger partial charge in [-0.15, -0.1) is 0 Å². The van der Waals surface area contributed by atoms with Crippen molar-refractivity contribution in [3.05, 3.63) is 68.4 Å². The van der Waals surface area contributed by atoms with Crippen LogP contribution in [-0.4, -0.2) is 53.8 Å². The van der Waals surface area contributed by atoms with E-state index in [1.54, 1.807) is 20.8 Å². The van der Waals surface area contributed by atoms with E-state index in [9.17, 15) is 19.1 Å². The number of pyridine rings is 1. The van der Waals surface area contributed by atoms with Crippen molar-refractivity contribution in [3.63, 3.8) is 0 Å². The summed E-state index contributed by atoms with van der Waals surface area (Å²) in [6.45, 7) is 8.99. The summed E-state index contributed by atoms with van der Waals surface area (Å²) in [5.41, 5.74) is 1.81. The highest BCUT2D eigenvalue weighted by Crippen LogP contribution is 2.33. The van der Waals surface area contributed by atoms with Gasteiger partial charge in [-0.1, -0.05) is 27.5 Å². The first-order valence-electron chi connectivity index (χ1n) is 14.3. The Labute approximate surface area is 259 Å². The molecule has 1 aliphatic rings. The summed E-state index contributed by atoms with van der Waals surface area (Å²) in [5.74, 6) is -0.681. The quantitative estimate of drug-likeness (QED) is 0.241. The van der Waals surface area contributed by atoms with E-state index in [4.69, 9.17) is 21.3 Å². The van der Waals surface area contributed by atoms with Crippen molar-refractivity contribution in [2.24, 2.45) is 5.92 Å². The highest BCUT2D eigenvalue weighted by molar-refractivity contribution is 9.10. The molecule has 1 aliphatic heterocycles. The van der Waals surface area contributed by atoms with E-state index in [2.05, 4.69) is 26.1 Å². The Morgan fingerprint density at radius 2 is 2.02 bits per heavy atom. The lowest BCUT2D eigenvalue weighted by molar-refractivity contribution is -0.155. The number of piperidine rings is 1. The molecule has 0 saturated carbocycles. The Balaban J connectivity index is 1.65. The second-order valence-electron chi connectivity index (χ2n) is 11.9. The molecule has 1 fully saturated rings. The number of rotatable bonds is 9. The fourth-order valence-corrected chi connectivity index (χ4v) is 6.14. The number of carbonyl (C=O) groups is 2. The number of hydrogen-bond acceptors (Lipinski definition) is 6. The molecule has 4 rings (SSSR count). The van der Waals surface area contributed by atoms with Crippen LogP contribution in [0.5, 0.6) is 0 Å². The van der Waals surface area contributed by atoms with Crippen LogP contribution >= 0.6 is 27.5 Å². The Kier molecular flexibility index (Phi) is 10.5. The number of benzene rings is 2. The topological polar surface area (TPSA) is 91.8 Å². The van der Waals surface area contributed by atoms with Crippen molar-refractivity contribution in [2.75, 3.05) is 31.1 Å². The fraction of sp³-hybridized carbons (Fsp3) is 0.469. The number of esters is 1. The van der Waals surface area contributed by atoms with Gasteiger partial charge in [-0.05, 0) is 94.8 Å². The van der Waals surface area contributed by atoms with Crippen LogP contribution in [0.2, 0.25) is 5.02 Å². The third-order valence-electron chi connectivity index (χ3n) is 7.49. The molecular weight excluding hydrogens is 625 g/mol. The van der Waals surface area contributed by atoms with Gasteiger partial charge < -0.3 is 20.1 Å². The van der Waals surface area contributed by atoms with Gasteiger partial charge in [-0.3, -0.25) is 9.59 Å². The lowest BCUT2D eigenvalue weighted by Gasteiger charge is -2.34. The van der Waals surface area contributed by atoms with E-state index in [1.807, 2.05) is 25.1 Å². The Morgan fingerprint density at radius 1 is 1.26 bits per heavy atom. The van der Waals surface area contributed by atoms with Crippen LogP contribution in [0.25, 0.3) is 10.9 Å². The molecular formula is C32H38BrClFN3O4. The second kappa shape index (κ2) is 13.7. The number of hydrogen-bond donors (Lipinski definition) is 2. The van der Waals surface area contributed by atoms with Crippen molar-refractivity contribution < 1.29 is 23.8 Å². The largest absolute Gasteiger partial charge is 0.460 e. The third kappa shape index (κ3) is 7.99. The lowest BCUT2D eigenvalue weighted by atomic mass is 9.93. The number of halogens is 3. The number of carbonyl (C=O) groups excluding carboxylic acids is 2. The number of nitrogens with one attached hydrogen (secondary N) is 1. The SMILES string of the molecule is Cc1c(N2CCCC(CO)C2)nc2ccc(Br)cc2c1C(=O)NCC(CCC(=O)OC(C)(C)C)c1cc(F)ccc1Cl. The molecule has 0 bridgehead atoms. The molecule has 1 amide bonds. The second-order valence-corrected chi connectivity index (χ2v) is 13.3. The van der Waals surface area contributed by atoms with Gasteiger partial charge in [-0.2, -0.15) is 0 Å². The van der Waals surface area contributed by atoms with Crippen LogP contribution in [0.3, 0.4) is 0 Å². The first kappa shape index (κ1) is 32.2. The van der Waals surface area contributed by atoms with Crippen LogP contribution < -0.4 is 10.2 Å². The third-order valence-corrected chi connectivity index (χ3v) is 8.33. The molecule has 1 aromatic heterocycles. The minimum atomic E-state index is -0.630. The van der Waals surface area contributed by atoms with Crippen LogP contribution in [0.1, 0.15) is 73.9 Å². The summed E-state index contributed by atoms with van der Waals surface area (Å²) in [5, 5.41) is 13.9. The molecule has 7 nitrogen and oxygen atoms in total. The van der Waals surface area contributed by atoms with Gasteiger partial charge in [0.2, 0.25) is 0 Å². The fourth-order valence-electron chi connectivity index (χ4n) is 5.51. The zero-order chi connectivity index (χ0) is 30.6. The van der Waals surface area contributed by atoms with E-state index in [-0.39, 0.29) is 37.4 Å². The molecule has 0 aliphatic carbocycles. The van der Waals surface area contributed by atoms with Crippen LogP contribution in [0.4, 0.5) is 10.2 Å². The van der Waals surface area contributed by atoms with Gasteiger partial charge in [0.15, 0.2) is 0 Å². The van der Waals surface area contributed by atoms with Crippen LogP contribution in [0, 0.1) is 18.7 Å². The van der Waals surface area contributed by atoms with Crippen molar-refractivity contribution in [2.45, 2.75) is 64.9 Å². The van der Waals surface area contributed by atoms with Crippen LogP contribution in [0.15, 0.2) is 40.9 Å². The van der Waals surface area contributed by atoms with E-state index >= 15 is 0 Å². The predicted octanol–water partition coefficient (Wildman–Crippen LogP) is 6.94. The average molecular weight is 663 g/mol. The van der Waals surface area contributed by atoms with Crippen molar-refractivity contribution in [1.82, 2.24) is 10.3 Å². The maximum absolute atomic E-state index is 14.3. The maximum atomic E-state index is 14.3. The highest BCUT2D eigenvalue weighted by Gasteiger charge is 2.27. The normalized spacial score (nSPS) is 16.4. The van der Waals surface area contributed by atoms with Crippen molar-refractivity contribution >= 4 is 56.1 Å². The summed E-state index contributed by atoms with van der Waals surface area (Å²) in [6, 6.07) is 9.76. The minimum Gasteiger partial charge on any atom is -0.460 e. The standard InChI is InChI=1S/C32H38BrClFN3O4/c1-19-29(25-14-22(33)8-11-27(25)37-30(19)38-13-5-6-20(17-38)18-39)31(41)36-16-21(7-12-28(40)42-32(2,3)4)24-15-23(35)9-10-26(24)34/h8-11,14-15,20-21,39H,5-7,12-13,16-18H2,1-4H3,(H,36,41). The first-order valence-corrected chi connectivity index (χ1v) is 15.4. The van der Waals surface area contributed by atoms with Crippen molar-refractivity contribution in [1.29, 1.82) is 0 Å². The molecule has 2 atom stereocenters. The molecule has 1 saturated heterocycles. The summed E-state index contributed by atoms with van der Waals surface area (Å²) >= 11 is 9.99. The zero-order valence-electron chi connectivity index (χ0n) is 24.5. The Bertz CT molecular complexity index is 1460. The van der Waals surface area contributed by atoms with E-state index < -0.39 is 17.3 Å². The highest BCUT2D eigenvalue weighted by atomic mass is 79.9. The summed E-state index contributed by atoms with van der Waals surface area (Å²) in [7, 11) is 0. The average Bonchev–Trinajstić information content (AvgIpc) is 2.93. The lowest BCUT2D eigenvalue weighted by Crippen LogP contribution is -2.38. The molecule has 2 N–H and O–H groups in total. The molecule has 3 aromatic rings. The molecule has 2 aromatic carbocycles. The number of nitrogens with zero attached hydrogens (tertiary/aromatic N) is 2. The summed E-state index contributed by atoms with van der Waals surface area (Å²) in [6.07, 6.45) is 2.27. The van der Waals surface area contributed by atoms with Crippen molar-refractivity contribution in [3.8, 4) is 0 Å². The molecule has 0 radical (unpaired) electrons. The number of amides is 1. The smallest absolute Gasteiger partial charge is 0.306 e. The van der Waals surface area contributed by atoms with Crippen LogP contribution in [-0.2, 0) is 9.53 Å². The van der Waals surface area contributed by atoms with E-state index in [0.29, 0.717) is 40.0 Å².